The molecule has 4 nitrogen and oxygen atoms in total. The minimum Gasteiger partial charge on any atom is -0.497 e. The smallest absolute Gasteiger partial charge is 0.223 e. The molecule has 0 aliphatic rings. The van der Waals surface area contributed by atoms with Crippen molar-refractivity contribution >= 4 is 0 Å². The molecule has 0 saturated carbocycles. The van der Waals surface area contributed by atoms with Gasteiger partial charge >= 0.3 is 0 Å². The van der Waals surface area contributed by atoms with Gasteiger partial charge in [0.05, 0.1) is 13.3 Å². The number of hydrogen-bond acceptors (Lipinski definition) is 4. The maximum absolute atomic E-state index is 13.0. The fraction of sp³-hybridized carbons (Fsp3) is 0.154. The first-order chi connectivity index (χ1) is 8.72. The summed E-state index contributed by atoms with van der Waals surface area (Å²) in [4.78, 5) is 3.88. The molecule has 0 aliphatic carbocycles. The van der Waals surface area contributed by atoms with E-state index in [-0.39, 0.29) is 6.54 Å². The van der Waals surface area contributed by atoms with Gasteiger partial charge in [-0.3, -0.25) is 0 Å². The third kappa shape index (κ3) is 2.75. The number of hydrogen-bond donors (Lipinski definition) is 1. The lowest BCUT2D eigenvalue weighted by atomic mass is 10.2. The van der Waals surface area contributed by atoms with Crippen LogP contribution in [0.15, 0.2) is 36.5 Å². The van der Waals surface area contributed by atoms with Crippen LogP contribution in [0.3, 0.4) is 0 Å². The van der Waals surface area contributed by atoms with Gasteiger partial charge in [-0.05, 0) is 30.3 Å². The van der Waals surface area contributed by atoms with Crippen molar-refractivity contribution in [3.63, 3.8) is 0 Å². The van der Waals surface area contributed by atoms with Crippen molar-refractivity contribution in [1.29, 1.82) is 0 Å². The minimum atomic E-state index is -0.433. The van der Waals surface area contributed by atoms with Gasteiger partial charge < -0.3 is 15.2 Å². The van der Waals surface area contributed by atoms with Crippen LogP contribution >= 0.6 is 0 Å². The largest absolute Gasteiger partial charge is 0.497 e. The first-order valence-corrected chi connectivity index (χ1v) is 5.39. The highest BCUT2D eigenvalue weighted by Crippen LogP contribution is 2.25. The number of rotatable bonds is 4. The zero-order chi connectivity index (χ0) is 13.0. The van der Waals surface area contributed by atoms with E-state index >= 15 is 0 Å². The third-order valence-electron chi connectivity index (χ3n) is 2.39. The Bertz CT molecular complexity index is 529. The van der Waals surface area contributed by atoms with Crippen LogP contribution in [0.25, 0.3) is 0 Å². The van der Waals surface area contributed by atoms with Crippen molar-refractivity contribution in [2.75, 3.05) is 7.11 Å². The molecule has 94 valence electrons. The summed E-state index contributed by atoms with van der Waals surface area (Å²) >= 11 is 0. The molecule has 0 aliphatic heterocycles. The number of ether oxygens (including phenoxy) is 2. The Morgan fingerprint density at radius 3 is 2.50 bits per heavy atom. The van der Waals surface area contributed by atoms with Gasteiger partial charge in [-0.25, -0.2) is 9.37 Å². The number of pyridine rings is 1. The predicted molar refractivity (Wildman–Crippen MR) is 65.2 cm³/mol. The van der Waals surface area contributed by atoms with Crippen LogP contribution in [0.5, 0.6) is 17.4 Å². The van der Waals surface area contributed by atoms with Crippen LogP contribution < -0.4 is 15.2 Å². The second-order valence-electron chi connectivity index (χ2n) is 3.60. The highest BCUT2D eigenvalue weighted by molar-refractivity contribution is 5.35. The molecule has 0 bridgehead atoms. The van der Waals surface area contributed by atoms with Gasteiger partial charge in [-0.15, -0.1) is 0 Å². The predicted octanol–water partition coefficient (Wildman–Crippen LogP) is 2.48. The summed E-state index contributed by atoms with van der Waals surface area (Å²) in [6, 6.07) is 8.32. The summed E-state index contributed by atoms with van der Waals surface area (Å²) in [5, 5.41) is 0. The topological polar surface area (TPSA) is 57.4 Å². The van der Waals surface area contributed by atoms with E-state index in [9.17, 15) is 4.39 Å². The zero-order valence-corrected chi connectivity index (χ0v) is 9.89. The van der Waals surface area contributed by atoms with Gasteiger partial charge in [0, 0.05) is 12.1 Å². The van der Waals surface area contributed by atoms with Gasteiger partial charge in [0.25, 0.3) is 0 Å². The fourth-order valence-corrected chi connectivity index (χ4v) is 1.46. The van der Waals surface area contributed by atoms with E-state index in [2.05, 4.69) is 4.98 Å². The first-order valence-electron chi connectivity index (χ1n) is 5.39. The SMILES string of the molecule is COc1ccc(Oc2ncc(F)cc2CN)cc1. The summed E-state index contributed by atoms with van der Waals surface area (Å²) in [5.41, 5.74) is 6.03. The number of methoxy groups -OCH3 is 1. The Balaban J connectivity index is 2.22. The number of benzene rings is 1. The highest BCUT2D eigenvalue weighted by Gasteiger charge is 2.07. The van der Waals surface area contributed by atoms with E-state index in [1.165, 1.54) is 6.07 Å². The maximum Gasteiger partial charge on any atom is 0.223 e. The van der Waals surface area contributed by atoms with Gasteiger partial charge in [-0.2, -0.15) is 0 Å². The van der Waals surface area contributed by atoms with E-state index in [0.29, 0.717) is 17.2 Å². The second-order valence-corrected chi connectivity index (χ2v) is 3.60. The molecule has 0 spiro atoms. The average Bonchev–Trinajstić information content (AvgIpc) is 2.41. The number of aromatic nitrogens is 1. The zero-order valence-electron chi connectivity index (χ0n) is 9.89. The molecule has 0 unspecified atom stereocenters. The highest BCUT2D eigenvalue weighted by atomic mass is 19.1. The van der Waals surface area contributed by atoms with Gasteiger partial charge in [0.15, 0.2) is 0 Å². The van der Waals surface area contributed by atoms with E-state index in [1.54, 1.807) is 31.4 Å². The van der Waals surface area contributed by atoms with E-state index < -0.39 is 5.82 Å². The maximum atomic E-state index is 13.0. The van der Waals surface area contributed by atoms with Crippen molar-refractivity contribution in [2.24, 2.45) is 5.73 Å². The molecule has 5 heteroatoms. The third-order valence-corrected chi connectivity index (χ3v) is 2.39. The first kappa shape index (κ1) is 12.3. The van der Waals surface area contributed by atoms with Crippen molar-refractivity contribution in [3.05, 3.63) is 47.9 Å². The molecule has 0 amide bonds. The van der Waals surface area contributed by atoms with Crippen LogP contribution in [0.2, 0.25) is 0 Å². The minimum absolute atomic E-state index is 0.163. The Hall–Kier alpha value is -2.14. The van der Waals surface area contributed by atoms with Gasteiger partial charge in [0.2, 0.25) is 5.88 Å². The Kier molecular flexibility index (Phi) is 3.74. The normalized spacial score (nSPS) is 10.2. The summed E-state index contributed by atoms with van der Waals surface area (Å²) in [7, 11) is 1.59. The van der Waals surface area contributed by atoms with Crippen LogP contribution in [0.4, 0.5) is 4.39 Å². The summed E-state index contributed by atoms with van der Waals surface area (Å²) in [6.45, 7) is 0.163. The quantitative estimate of drug-likeness (QED) is 0.903. The van der Waals surface area contributed by atoms with Crippen molar-refractivity contribution in [3.8, 4) is 17.4 Å². The summed E-state index contributed by atoms with van der Waals surface area (Å²) < 4.78 is 23.6. The van der Waals surface area contributed by atoms with Crippen LogP contribution in [-0.2, 0) is 6.54 Å². The molecule has 18 heavy (non-hydrogen) atoms. The average molecular weight is 248 g/mol. The molecule has 1 aromatic heterocycles. The lowest BCUT2D eigenvalue weighted by Crippen LogP contribution is -2.02. The van der Waals surface area contributed by atoms with Crippen molar-refractivity contribution in [2.45, 2.75) is 6.54 Å². The Morgan fingerprint density at radius 2 is 1.89 bits per heavy atom. The van der Waals surface area contributed by atoms with E-state index in [0.717, 1.165) is 11.9 Å². The van der Waals surface area contributed by atoms with Crippen molar-refractivity contribution in [1.82, 2.24) is 4.98 Å². The molecule has 0 fully saturated rings. The Morgan fingerprint density at radius 1 is 1.22 bits per heavy atom. The standard InChI is InChI=1S/C13H13FN2O2/c1-17-11-2-4-12(5-3-11)18-13-9(7-15)6-10(14)8-16-13/h2-6,8H,7,15H2,1H3. The Labute approximate surface area is 104 Å². The molecule has 2 N–H and O–H groups in total. The number of halogens is 1. The molecule has 1 aromatic carbocycles. The van der Waals surface area contributed by atoms with Crippen LogP contribution in [-0.4, -0.2) is 12.1 Å². The second kappa shape index (κ2) is 5.46. The van der Waals surface area contributed by atoms with Crippen LogP contribution in [0, 0.1) is 5.82 Å². The summed E-state index contributed by atoms with van der Waals surface area (Å²) in [6.07, 6.45) is 1.10. The molecule has 2 aromatic rings. The van der Waals surface area contributed by atoms with Crippen LogP contribution in [0.1, 0.15) is 5.56 Å². The van der Waals surface area contributed by atoms with E-state index in [4.69, 9.17) is 15.2 Å². The molecular formula is C13H13FN2O2. The molecule has 0 saturated heterocycles. The van der Waals surface area contributed by atoms with Crippen molar-refractivity contribution < 1.29 is 13.9 Å². The number of nitrogens with zero attached hydrogens (tertiary/aromatic N) is 1. The lowest BCUT2D eigenvalue weighted by Gasteiger charge is -2.09. The van der Waals surface area contributed by atoms with Gasteiger partial charge in [0.1, 0.15) is 17.3 Å². The molecule has 1 heterocycles. The fourth-order valence-electron chi connectivity index (χ4n) is 1.46. The molecular weight excluding hydrogens is 235 g/mol. The van der Waals surface area contributed by atoms with E-state index in [1.807, 2.05) is 0 Å². The van der Waals surface area contributed by atoms with Gasteiger partial charge in [-0.1, -0.05) is 0 Å². The molecule has 0 atom stereocenters. The molecule has 2 rings (SSSR count). The lowest BCUT2D eigenvalue weighted by molar-refractivity contribution is 0.411. The number of nitrogens with two attached hydrogens (primary N) is 1. The monoisotopic (exact) mass is 248 g/mol. The molecule has 0 radical (unpaired) electrons. The summed E-state index contributed by atoms with van der Waals surface area (Å²) in [5.74, 6) is 1.19.